The van der Waals surface area contributed by atoms with Gasteiger partial charge in [0.15, 0.2) is 0 Å². The molecule has 124 valence electrons. The molecular formula is C15H23ClN2O3S. The summed E-state index contributed by atoms with van der Waals surface area (Å²) >= 11 is 5.94. The van der Waals surface area contributed by atoms with Crippen molar-refractivity contribution in [1.82, 2.24) is 5.32 Å². The fourth-order valence-corrected chi connectivity index (χ4v) is 3.09. The van der Waals surface area contributed by atoms with Crippen LogP contribution in [0.3, 0.4) is 0 Å². The summed E-state index contributed by atoms with van der Waals surface area (Å²) in [6.07, 6.45) is 4.06. The maximum absolute atomic E-state index is 12.0. The van der Waals surface area contributed by atoms with E-state index in [0.29, 0.717) is 17.3 Å². The summed E-state index contributed by atoms with van der Waals surface area (Å²) in [7, 11) is -3.57. The van der Waals surface area contributed by atoms with E-state index in [1.807, 2.05) is 0 Å². The van der Waals surface area contributed by atoms with E-state index in [1.54, 1.807) is 25.1 Å². The standard InChI is InChI=1S/C15H23ClN2O3S/c1-4-5-6-9-17-15(19)11-18(22(3,20)21)14-10-13(16)8-7-12(14)2/h7-8,10H,4-6,9,11H2,1-3H3,(H,17,19). The molecule has 0 unspecified atom stereocenters. The number of benzene rings is 1. The highest BCUT2D eigenvalue weighted by Crippen LogP contribution is 2.26. The summed E-state index contributed by atoms with van der Waals surface area (Å²) in [5.74, 6) is -0.319. The number of carbonyl (C=O) groups excluding carboxylic acids is 1. The molecule has 0 aliphatic rings. The topological polar surface area (TPSA) is 66.5 Å². The normalized spacial score (nSPS) is 11.3. The third-order valence-corrected chi connectivity index (χ3v) is 4.59. The number of carbonyl (C=O) groups is 1. The van der Waals surface area contributed by atoms with Gasteiger partial charge in [-0.05, 0) is 31.0 Å². The monoisotopic (exact) mass is 346 g/mol. The predicted molar refractivity (Wildman–Crippen MR) is 90.9 cm³/mol. The van der Waals surface area contributed by atoms with Crippen LogP contribution in [0.5, 0.6) is 0 Å². The third-order valence-electron chi connectivity index (χ3n) is 3.23. The van der Waals surface area contributed by atoms with Gasteiger partial charge in [-0.3, -0.25) is 9.10 Å². The number of nitrogens with one attached hydrogen (secondary N) is 1. The van der Waals surface area contributed by atoms with Crippen molar-refractivity contribution in [3.05, 3.63) is 28.8 Å². The lowest BCUT2D eigenvalue weighted by molar-refractivity contribution is -0.119. The molecule has 0 heterocycles. The van der Waals surface area contributed by atoms with Crippen LogP contribution in [0.4, 0.5) is 5.69 Å². The molecule has 5 nitrogen and oxygen atoms in total. The van der Waals surface area contributed by atoms with Crippen molar-refractivity contribution in [2.45, 2.75) is 33.1 Å². The van der Waals surface area contributed by atoms with E-state index in [0.717, 1.165) is 35.4 Å². The number of nitrogens with zero attached hydrogens (tertiary/aromatic N) is 1. The van der Waals surface area contributed by atoms with Crippen molar-refractivity contribution in [2.75, 3.05) is 23.7 Å². The van der Waals surface area contributed by atoms with Crippen molar-refractivity contribution in [3.8, 4) is 0 Å². The molecule has 0 saturated carbocycles. The number of hydrogen-bond donors (Lipinski definition) is 1. The zero-order chi connectivity index (χ0) is 16.8. The molecule has 1 aromatic carbocycles. The number of amides is 1. The molecule has 7 heteroatoms. The Morgan fingerprint density at radius 3 is 2.59 bits per heavy atom. The second-order valence-corrected chi connectivity index (χ2v) is 7.60. The van der Waals surface area contributed by atoms with Crippen molar-refractivity contribution in [3.63, 3.8) is 0 Å². The Kier molecular flexibility index (Phi) is 7.16. The summed E-state index contributed by atoms with van der Waals surface area (Å²) in [6, 6.07) is 4.98. The number of unbranched alkanes of at least 4 members (excludes halogenated alkanes) is 2. The Hall–Kier alpha value is -1.27. The summed E-state index contributed by atoms with van der Waals surface area (Å²) in [5.41, 5.74) is 1.17. The van der Waals surface area contributed by atoms with Gasteiger partial charge in [0.05, 0.1) is 11.9 Å². The quantitative estimate of drug-likeness (QED) is 0.736. The average Bonchev–Trinajstić information content (AvgIpc) is 2.43. The Labute approximate surface area is 137 Å². The maximum Gasteiger partial charge on any atom is 0.240 e. The van der Waals surface area contributed by atoms with Crippen LogP contribution in [0.1, 0.15) is 31.7 Å². The van der Waals surface area contributed by atoms with Crippen LogP contribution >= 0.6 is 11.6 Å². The zero-order valence-corrected chi connectivity index (χ0v) is 14.8. The van der Waals surface area contributed by atoms with Crippen molar-refractivity contribution >= 4 is 33.2 Å². The fourth-order valence-electron chi connectivity index (χ4n) is 2.02. The number of aryl methyl sites for hydroxylation is 1. The number of halogens is 1. The smallest absolute Gasteiger partial charge is 0.240 e. The molecule has 1 amide bonds. The van der Waals surface area contributed by atoms with Gasteiger partial charge >= 0.3 is 0 Å². The number of sulfonamides is 1. The molecule has 0 atom stereocenters. The summed E-state index contributed by atoms with van der Waals surface area (Å²) in [5, 5.41) is 3.17. The second kappa shape index (κ2) is 8.39. The summed E-state index contributed by atoms with van der Waals surface area (Å²) in [4.78, 5) is 12.0. The summed E-state index contributed by atoms with van der Waals surface area (Å²) in [6.45, 7) is 4.17. The van der Waals surface area contributed by atoms with Gasteiger partial charge in [0.1, 0.15) is 6.54 Å². The first-order valence-electron chi connectivity index (χ1n) is 7.26. The molecule has 0 bridgehead atoms. The molecule has 0 fully saturated rings. The van der Waals surface area contributed by atoms with E-state index < -0.39 is 10.0 Å². The lowest BCUT2D eigenvalue weighted by Crippen LogP contribution is -2.41. The molecule has 1 aromatic rings. The van der Waals surface area contributed by atoms with Gasteiger partial charge in [-0.1, -0.05) is 37.4 Å². The minimum absolute atomic E-state index is 0.244. The Morgan fingerprint density at radius 1 is 1.32 bits per heavy atom. The summed E-state index contributed by atoms with van der Waals surface area (Å²) < 4.78 is 25.1. The van der Waals surface area contributed by atoms with E-state index in [4.69, 9.17) is 11.6 Å². The van der Waals surface area contributed by atoms with Crippen molar-refractivity contribution in [1.29, 1.82) is 0 Å². The Morgan fingerprint density at radius 2 is 2.00 bits per heavy atom. The Balaban J connectivity index is 2.87. The van der Waals surface area contributed by atoms with Crippen LogP contribution in [0.2, 0.25) is 5.02 Å². The first kappa shape index (κ1) is 18.8. The van der Waals surface area contributed by atoms with Crippen LogP contribution in [0.25, 0.3) is 0 Å². The highest BCUT2D eigenvalue weighted by molar-refractivity contribution is 7.92. The lowest BCUT2D eigenvalue weighted by atomic mass is 10.2. The first-order chi connectivity index (χ1) is 10.3. The van der Waals surface area contributed by atoms with E-state index >= 15 is 0 Å². The molecule has 1 rings (SSSR count). The van der Waals surface area contributed by atoms with Gasteiger partial charge in [-0.15, -0.1) is 0 Å². The molecule has 1 N–H and O–H groups in total. The van der Waals surface area contributed by atoms with Gasteiger partial charge in [-0.25, -0.2) is 8.42 Å². The van der Waals surface area contributed by atoms with Gasteiger partial charge < -0.3 is 5.32 Å². The molecule has 0 spiro atoms. The first-order valence-corrected chi connectivity index (χ1v) is 9.49. The second-order valence-electron chi connectivity index (χ2n) is 5.26. The largest absolute Gasteiger partial charge is 0.355 e. The van der Waals surface area contributed by atoms with E-state index in [1.165, 1.54) is 0 Å². The lowest BCUT2D eigenvalue weighted by Gasteiger charge is -2.23. The van der Waals surface area contributed by atoms with Crippen LogP contribution in [-0.4, -0.2) is 33.7 Å². The molecule has 22 heavy (non-hydrogen) atoms. The van der Waals surface area contributed by atoms with Gasteiger partial charge in [0, 0.05) is 11.6 Å². The highest BCUT2D eigenvalue weighted by Gasteiger charge is 2.22. The van der Waals surface area contributed by atoms with Crippen LogP contribution in [0.15, 0.2) is 18.2 Å². The molecule has 0 aliphatic heterocycles. The van der Waals surface area contributed by atoms with Gasteiger partial charge in [0.25, 0.3) is 0 Å². The van der Waals surface area contributed by atoms with Crippen LogP contribution in [0, 0.1) is 6.92 Å². The van der Waals surface area contributed by atoms with Crippen molar-refractivity contribution < 1.29 is 13.2 Å². The molecule has 0 aliphatic carbocycles. The van der Waals surface area contributed by atoms with Crippen LogP contribution in [-0.2, 0) is 14.8 Å². The molecule has 0 aromatic heterocycles. The fraction of sp³-hybridized carbons (Fsp3) is 0.533. The zero-order valence-electron chi connectivity index (χ0n) is 13.2. The maximum atomic E-state index is 12.0. The number of rotatable bonds is 8. The van der Waals surface area contributed by atoms with E-state index in [-0.39, 0.29) is 12.5 Å². The third kappa shape index (κ3) is 5.85. The predicted octanol–water partition coefficient (Wildman–Crippen LogP) is 2.72. The highest BCUT2D eigenvalue weighted by atomic mass is 35.5. The van der Waals surface area contributed by atoms with Crippen molar-refractivity contribution in [2.24, 2.45) is 0 Å². The Bertz CT molecular complexity index is 617. The molecule has 0 radical (unpaired) electrons. The van der Waals surface area contributed by atoms with E-state index in [9.17, 15) is 13.2 Å². The number of anilines is 1. The average molecular weight is 347 g/mol. The molecular weight excluding hydrogens is 324 g/mol. The van der Waals surface area contributed by atoms with Gasteiger partial charge in [0.2, 0.25) is 15.9 Å². The van der Waals surface area contributed by atoms with E-state index in [2.05, 4.69) is 12.2 Å². The minimum atomic E-state index is -3.57. The minimum Gasteiger partial charge on any atom is -0.355 e. The SMILES string of the molecule is CCCCCNC(=O)CN(c1cc(Cl)ccc1C)S(C)(=O)=O. The van der Waals surface area contributed by atoms with Crippen LogP contribution < -0.4 is 9.62 Å². The molecule has 0 saturated heterocycles. The van der Waals surface area contributed by atoms with Gasteiger partial charge in [-0.2, -0.15) is 0 Å². The number of hydrogen-bond acceptors (Lipinski definition) is 3.